The Morgan fingerprint density at radius 3 is 2.81 bits per heavy atom. The van der Waals surface area contributed by atoms with Crippen LogP contribution in [0.4, 0.5) is 10.1 Å². The second-order valence-corrected chi connectivity index (χ2v) is 5.39. The highest BCUT2D eigenvalue weighted by atomic mass is 19.1. The van der Waals surface area contributed by atoms with Crippen molar-refractivity contribution in [2.45, 2.75) is 6.10 Å². The number of nitrogens with zero attached hydrogens (tertiary/aromatic N) is 3. The molecular formula is C16H14FN3O. The Labute approximate surface area is 120 Å². The number of hydrogen-bond acceptors (Lipinski definition) is 3. The number of benzene rings is 1. The number of anilines is 1. The molecule has 1 saturated heterocycles. The first-order valence-corrected chi connectivity index (χ1v) is 6.81. The summed E-state index contributed by atoms with van der Waals surface area (Å²) in [5, 5.41) is 9.38. The van der Waals surface area contributed by atoms with E-state index in [1.807, 2.05) is 28.8 Å². The van der Waals surface area contributed by atoms with E-state index in [0.717, 1.165) is 22.4 Å². The number of aromatic nitrogens is 2. The third kappa shape index (κ3) is 1.89. The molecule has 4 rings (SSSR count). The van der Waals surface area contributed by atoms with Crippen LogP contribution < -0.4 is 4.90 Å². The largest absolute Gasteiger partial charge is 0.389 e. The maximum absolute atomic E-state index is 13.2. The highest BCUT2D eigenvalue weighted by Crippen LogP contribution is 2.26. The predicted octanol–water partition coefficient (Wildman–Crippen LogP) is 2.61. The van der Waals surface area contributed by atoms with Gasteiger partial charge in [-0.15, -0.1) is 0 Å². The Morgan fingerprint density at radius 1 is 1.29 bits per heavy atom. The number of β-amino-alcohol motifs (C(OH)–C–C–N with tert-alkyl or cyclic N) is 1. The molecule has 0 saturated carbocycles. The molecule has 3 heterocycles. The quantitative estimate of drug-likeness (QED) is 0.786. The molecule has 0 bridgehead atoms. The first-order valence-electron chi connectivity index (χ1n) is 6.81. The van der Waals surface area contributed by atoms with Crippen LogP contribution in [-0.2, 0) is 0 Å². The summed E-state index contributed by atoms with van der Waals surface area (Å²) in [6, 6.07) is 9.25. The molecule has 2 aromatic heterocycles. The number of imidazole rings is 1. The molecule has 3 aromatic rings. The average molecular weight is 283 g/mol. The fourth-order valence-corrected chi connectivity index (χ4v) is 2.74. The summed E-state index contributed by atoms with van der Waals surface area (Å²) in [5.74, 6) is -0.454. The molecule has 1 fully saturated rings. The second kappa shape index (κ2) is 4.30. The Kier molecular flexibility index (Phi) is 2.53. The number of aliphatic hydroxyl groups is 1. The Hall–Kier alpha value is -2.40. The van der Waals surface area contributed by atoms with Gasteiger partial charge in [0.2, 0.25) is 0 Å². The van der Waals surface area contributed by atoms with E-state index in [2.05, 4.69) is 16.5 Å². The smallest absolute Gasteiger partial charge is 0.139 e. The fourth-order valence-electron chi connectivity index (χ4n) is 2.74. The Balaban J connectivity index is 1.84. The molecule has 1 aliphatic heterocycles. The zero-order valence-corrected chi connectivity index (χ0v) is 11.3. The van der Waals surface area contributed by atoms with Crippen molar-refractivity contribution >= 4 is 28.2 Å². The third-order valence-corrected chi connectivity index (χ3v) is 3.93. The molecule has 106 valence electrons. The minimum Gasteiger partial charge on any atom is -0.389 e. The van der Waals surface area contributed by atoms with Gasteiger partial charge in [-0.25, -0.2) is 9.37 Å². The van der Waals surface area contributed by atoms with Gasteiger partial charge in [0.15, 0.2) is 0 Å². The number of aliphatic hydroxyl groups excluding tert-OH is 1. The average Bonchev–Trinajstić information content (AvgIpc) is 2.80. The van der Waals surface area contributed by atoms with Gasteiger partial charge in [0, 0.05) is 36.6 Å². The van der Waals surface area contributed by atoms with Crippen LogP contribution in [0.1, 0.15) is 5.56 Å². The first-order chi connectivity index (χ1) is 10.1. The lowest BCUT2D eigenvalue weighted by Gasteiger charge is -2.37. The van der Waals surface area contributed by atoms with Crippen LogP contribution in [-0.4, -0.2) is 33.7 Å². The molecule has 21 heavy (non-hydrogen) atoms. The van der Waals surface area contributed by atoms with E-state index in [4.69, 9.17) is 0 Å². The van der Waals surface area contributed by atoms with Crippen molar-refractivity contribution in [1.29, 1.82) is 0 Å². The molecule has 1 aliphatic rings. The molecule has 0 unspecified atom stereocenters. The van der Waals surface area contributed by atoms with E-state index in [9.17, 15) is 9.50 Å². The van der Waals surface area contributed by atoms with E-state index < -0.39 is 5.83 Å². The van der Waals surface area contributed by atoms with Crippen molar-refractivity contribution in [3.8, 4) is 0 Å². The molecular weight excluding hydrogens is 269 g/mol. The molecule has 0 radical (unpaired) electrons. The minimum atomic E-state index is -0.454. The van der Waals surface area contributed by atoms with Gasteiger partial charge in [-0.05, 0) is 24.3 Å². The summed E-state index contributed by atoms with van der Waals surface area (Å²) in [6.07, 6.45) is 1.72. The monoisotopic (exact) mass is 283 g/mol. The van der Waals surface area contributed by atoms with E-state index in [0.29, 0.717) is 18.7 Å². The molecule has 1 N–H and O–H groups in total. The zero-order chi connectivity index (χ0) is 14.6. The Morgan fingerprint density at radius 2 is 2.10 bits per heavy atom. The van der Waals surface area contributed by atoms with E-state index in [1.165, 1.54) is 0 Å². The molecule has 5 heteroatoms. The predicted molar refractivity (Wildman–Crippen MR) is 81.1 cm³/mol. The normalized spacial score (nSPS) is 15.6. The number of hydrogen-bond donors (Lipinski definition) is 1. The summed E-state index contributed by atoms with van der Waals surface area (Å²) < 4.78 is 15.2. The van der Waals surface area contributed by atoms with Crippen LogP contribution in [0, 0.1) is 0 Å². The highest BCUT2D eigenvalue weighted by Gasteiger charge is 2.24. The lowest BCUT2D eigenvalue weighted by Crippen LogP contribution is -2.50. The van der Waals surface area contributed by atoms with E-state index in [1.54, 1.807) is 12.1 Å². The standard InChI is InChI=1S/C16H14FN3O/c1-10(17)11-2-3-15-14(6-11)18-16-7-12(4-5-20(15)16)19-8-13(21)9-19/h2-7,13,21H,1,8-9H2. The lowest BCUT2D eigenvalue weighted by atomic mass is 10.1. The topological polar surface area (TPSA) is 40.8 Å². The molecule has 0 aliphatic carbocycles. The van der Waals surface area contributed by atoms with Gasteiger partial charge < -0.3 is 10.0 Å². The van der Waals surface area contributed by atoms with Crippen molar-refractivity contribution in [2.24, 2.45) is 0 Å². The maximum atomic E-state index is 13.2. The number of halogens is 1. The SMILES string of the molecule is C=C(F)c1ccc2c(c1)nc1cc(N3CC(O)C3)ccn12. The Bertz CT molecular complexity index is 864. The highest BCUT2D eigenvalue weighted by molar-refractivity contribution is 5.84. The van der Waals surface area contributed by atoms with Gasteiger partial charge in [0.25, 0.3) is 0 Å². The zero-order valence-electron chi connectivity index (χ0n) is 11.3. The molecule has 0 spiro atoms. The molecule has 0 amide bonds. The number of pyridine rings is 1. The third-order valence-electron chi connectivity index (χ3n) is 3.93. The van der Waals surface area contributed by atoms with Gasteiger partial charge in [-0.3, -0.25) is 4.40 Å². The van der Waals surface area contributed by atoms with Crippen LogP contribution in [0.5, 0.6) is 0 Å². The summed E-state index contributed by atoms with van der Waals surface area (Å²) >= 11 is 0. The summed E-state index contributed by atoms with van der Waals surface area (Å²) in [6.45, 7) is 4.63. The van der Waals surface area contributed by atoms with Gasteiger partial charge in [-0.2, -0.15) is 0 Å². The van der Waals surface area contributed by atoms with Crippen LogP contribution in [0.3, 0.4) is 0 Å². The van der Waals surface area contributed by atoms with E-state index in [-0.39, 0.29) is 6.10 Å². The summed E-state index contributed by atoms with van der Waals surface area (Å²) in [7, 11) is 0. The van der Waals surface area contributed by atoms with Crippen molar-refractivity contribution in [3.05, 3.63) is 48.7 Å². The van der Waals surface area contributed by atoms with Crippen molar-refractivity contribution in [2.75, 3.05) is 18.0 Å². The molecule has 0 atom stereocenters. The summed E-state index contributed by atoms with van der Waals surface area (Å²) in [4.78, 5) is 6.64. The van der Waals surface area contributed by atoms with Gasteiger partial charge >= 0.3 is 0 Å². The van der Waals surface area contributed by atoms with Crippen LogP contribution >= 0.6 is 0 Å². The van der Waals surface area contributed by atoms with Crippen LogP contribution in [0.15, 0.2) is 43.1 Å². The minimum absolute atomic E-state index is 0.238. The van der Waals surface area contributed by atoms with Crippen LogP contribution in [0.25, 0.3) is 22.5 Å². The van der Waals surface area contributed by atoms with Crippen molar-refractivity contribution < 1.29 is 9.50 Å². The fraction of sp³-hybridized carbons (Fsp3) is 0.188. The van der Waals surface area contributed by atoms with Gasteiger partial charge in [-0.1, -0.05) is 6.58 Å². The van der Waals surface area contributed by atoms with Crippen molar-refractivity contribution in [1.82, 2.24) is 9.38 Å². The number of rotatable bonds is 2. The first kappa shape index (κ1) is 12.3. The molecule has 1 aromatic carbocycles. The number of fused-ring (bicyclic) bond motifs is 3. The van der Waals surface area contributed by atoms with Gasteiger partial charge in [0.05, 0.1) is 17.1 Å². The summed E-state index contributed by atoms with van der Waals surface area (Å²) in [5.41, 5.74) is 3.98. The maximum Gasteiger partial charge on any atom is 0.139 e. The molecule has 4 nitrogen and oxygen atoms in total. The van der Waals surface area contributed by atoms with E-state index >= 15 is 0 Å². The van der Waals surface area contributed by atoms with Crippen molar-refractivity contribution in [3.63, 3.8) is 0 Å². The lowest BCUT2D eigenvalue weighted by molar-refractivity contribution is 0.142. The van der Waals surface area contributed by atoms with Gasteiger partial charge in [0.1, 0.15) is 11.5 Å². The second-order valence-electron chi connectivity index (χ2n) is 5.39. The van der Waals surface area contributed by atoms with Crippen LogP contribution in [0.2, 0.25) is 0 Å².